The molecule has 0 saturated carbocycles. The Morgan fingerprint density at radius 2 is 1.88 bits per heavy atom. The third kappa shape index (κ3) is 4.55. The van der Waals surface area contributed by atoms with Gasteiger partial charge in [-0.25, -0.2) is 4.79 Å². The fourth-order valence-electron chi connectivity index (χ4n) is 2.57. The molecule has 1 aromatic heterocycles. The van der Waals surface area contributed by atoms with Crippen molar-refractivity contribution in [2.24, 2.45) is 0 Å². The van der Waals surface area contributed by atoms with Crippen molar-refractivity contribution >= 4 is 16.8 Å². The molecule has 3 aromatic rings. The zero-order valence-electron chi connectivity index (χ0n) is 14.1. The molecule has 3 N–H and O–H groups in total. The van der Waals surface area contributed by atoms with Gasteiger partial charge < -0.3 is 15.7 Å². The Morgan fingerprint density at radius 1 is 1.08 bits per heavy atom. The van der Waals surface area contributed by atoms with Gasteiger partial charge in [0.1, 0.15) is 0 Å². The number of nitrogens with zero attached hydrogens (tertiary/aromatic N) is 1. The first kappa shape index (κ1) is 16.9. The molecule has 0 aliphatic rings. The molecule has 1 heterocycles. The van der Waals surface area contributed by atoms with Crippen molar-refractivity contribution in [3.8, 4) is 0 Å². The summed E-state index contributed by atoms with van der Waals surface area (Å²) in [7, 11) is 0. The highest BCUT2D eigenvalue weighted by Gasteiger charge is 2.10. The van der Waals surface area contributed by atoms with Crippen LogP contribution in [0.2, 0.25) is 0 Å². The molecule has 2 aromatic carbocycles. The number of rotatable bonds is 5. The van der Waals surface area contributed by atoms with Gasteiger partial charge >= 0.3 is 6.03 Å². The van der Waals surface area contributed by atoms with Gasteiger partial charge in [-0.15, -0.1) is 0 Å². The molecule has 0 aliphatic heterocycles. The number of urea groups is 1. The van der Waals surface area contributed by atoms with Gasteiger partial charge in [0.15, 0.2) is 0 Å². The minimum atomic E-state index is -0.753. The molecule has 0 aliphatic carbocycles. The van der Waals surface area contributed by atoms with Gasteiger partial charge in [-0.1, -0.05) is 42.5 Å². The minimum Gasteiger partial charge on any atom is -0.387 e. The minimum absolute atomic E-state index is 0.149. The average Bonchev–Trinajstić information content (AvgIpc) is 2.65. The first-order valence-corrected chi connectivity index (χ1v) is 8.22. The molecule has 0 spiro atoms. The van der Waals surface area contributed by atoms with E-state index in [1.54, 1.807) is 6.20 Å². The quantitative estimate of drug-likeness (QED) is 0.671. The third-order valence-electron chi connectivity index (χ3n) is 4.04. The van der Waals surface area contributed by atoms with Crippen LogP contribution in [0, 0.1) is 6.92 Å². The summed E-state index contributed by atoms with van der Waals surface area (Å²) in [6, 6.07) is 17.3. The number of carbonyl (C=O) groups is 1. The van der Waals surface area contributed by atoms with Crippen LogP contribution in [0.1, 0.15) is 22.9 Å². The zero-order chi connectivity index (χ0) is 17.6. The van der Waals surface area contributed by atoms with Crippen LogP contribution in [0.25, 0.3) is 10.8 Å². The summed E-state index contributed by atoms with van der Waals surface area (Å²) < 4.78 is 0. The van der Waals surface area contributed by atoms with Crippen molar-refractivity contribution < 1.29 is 9.90 Å². The molecule has 128 valence electrons. The second-order valence-corrected chi connectivity index (χ2v) is 5.99. The number of aromatic nitrogens is 1. The summed E-state index contributed by atoms with van der Waals surface area (Å²) in [6.45, 7) is 2.46. The van der Waals surface area contributed by atoms with Gasteiger partial charge in [0.05, 0.1) is 6.10 Å². The molecular formula is C20H21N3O2. The van der Waals surface area contributed by atoms with E-state index in [1.807, 2.05) is 61.5 Å². The van der Waals surface area contributed by atoms with Gasteiger partial charge in [-0.2, -0.15) is 0 Å². The lowest BCUT2D eigenvalue weighted by Gasteiger charge is -2.14. The van der Waals surface area contributed by atoms with Crippen molar-refractivity contribution in [3.05, 3.63) is 77.6 Å². The van der Waals surface area contributed by atoms with Crippen LogP contribution in [-0.2, 0) is 6.54 Å². The number of carbonyl (C=O) groups excluding carboxylic acids is 1. The van der Waals surface area contributed by atoms with E-state index in [-0.39, 0.29) is 12.6 Å². The number of aliphatic hydroxyl groups excluding tert-OH is 1. The number of nitrogens with one attached hydrogen (secondary N) is 2. The van der Waals surface area contributed by atoms with E-state index in [1.165, 1.54) is 0 Å². The summed E-state index contributed by atoms with van der Waals surface area (Å²) in [6.07, 6.45) is 0.982. The summed E-state index contributed by atoms with van der Waals surface area (Å²) in [5, 5.41) is 17.9. The van der Waals surface area contributed by atoms with E-state index < -0.39 is 6.10 Å². The Labute approximate surface area is 146 Å². The predicted molar refractivity (Wildman–Crippen MR) is 98.1 cm³/mol. The molecule has 0 bridgehead atoms. The first-order chi connectivity index (χ1) is 12.1. The molecule has 0 unspecified atom stereocenters. The van der Waals surface area contributed by atoms with Crippen molar-refractivity contribution in [2.45, 2.75) is 19.6 Å². The Kier molecular flexibility index (Phi) is 5.26. The topological polar surface area (TPSA) is 74.2 Å². The Bertz CT molecular complexity index is 862. The largest absolute Gasteiger partial charge is 0.387 e. The Hall–Kier alpha value is -2.92. The monoisotopic (exact) mass is 335 g/mol. The second-order valence-electron chi connectivity index (χ2n) is 5.99. The highest BCUT2D eigenvalue weighted by atomic mass is 16.3. The van der Waals surface area contributed by atoms with Gasteiger partial charge in [-0.3, -0.25) is 4.98 Å². The van der Waals surface area contributed by atoms with Crippen LogP contribution in [0.3, 0.4) is 0 Å². The van der Waals surface area contributed by atoms with Crippen LogP contribution in [0.5, 0.6) is 0 Å². The molecule has 0 fully saturated rings. The smallest absolute Gasteiger partial charge is 0.315 e. The molecule has 5 heteroatoms. The average molecular weight is 335 g/mol. The second kappa shape index (κ2) is 7.77. The number of hydrogen-bond acceptors (Lipinski definition) is 3. The van der Waals surface area contributed by atoms with Gasteiger partial charge in [0.2, 0.25) is 0 Å². The molecule has 2 amide bonds. The summed E-state index contributed by atoms with van der Waals surface area (Å²) in [5.74, 6) is 0. The number of benzene rings is 2. The number of aryl methyl sites for hydroxylation is 1. The number of pyridine rings is 1. The standard InChI is InChI=1S/C20H21N3O2/c1-14-6-7-15(11-21-14)12-22-20(25)23-13-19(24)18-9-8-16-4-2-3-5-17(16)10-18/h2-11,19,24H,12-13H2,1H3,(H2,22,23,25)/t19-/m1/s1. The summed E-state index contributed by atoms with van der Waals surface area (Å²) >= 11 is 0. The molecule has 0 saturated heterocycles. The normalized spacial score (nSPS) is 11.9. The number of aliphatic hydroxyl groups is 1. The molecule has 1 atom stereocenters. The van der Waals surface area contributed by atoms with Gasteiger partial charge in [-0.05, 0) is 41.0 Å². The molecule has 3 rings (SSSR count). The van der Waals surface area contributed by atoms with Crippen LogP contribution in [0.4, 0.5) is 4.79 Å². The van der Waals surface area contributed by atoms with Crippen LogP contribution >= 0.6 is 0 Å². The Morgan fingerprint density at radius 3 is 2.64 bits per heavy atom. The van der Waals surface area contributed by atoms with Crippen LogP contribution in [0.15, 0.2) is 60.8 Å². The number of amides is 2. The lowest BCUT2D eigenvalue weighted by atomic mass is 10.0. The van der Waals surface area contributed by atoms with Crippen molar-refractivity contribution in [1.29, 1.82) is 0 Å². The molecule has 25 heavy (non-hydrogen) atoms. The van der Waals surface area contributed by atoms with E-state index in [4.69, 9.17) is 0 Å². The molecule has 5 nitrogen and oxygen atoms in total. The highest BCUT2D eigenvalue weighted by molar-refractivity contribution is 5.83. The van der Waals surface area contributed by atoms with E-state index in [0.29, 0.717) is 6.54 Å². The predicted octanol–water partition coefficient (Wildman–Crippen LogP) is 3.08. The zero-order valence-corrected chi connectivity index (χ0v) is 14.1. The van der Waals surface area contributed by atoms with Crippen LogP contribution in [-0.4, -0.2) is 22.7 Å². The maximum Gasteiger partial charge on any atom is 0.315 e. The third-order valence-corrected chi connectivity index (χ3v) is 4.04. The summed E-state index contributed by atoms with van der Waals surface area (Å²) in [4.78, 5) is 16.1. The fourth-order valence-corrected chi connectivity index (χ4v) is 2.57. The van der Waals surface area contributed by atoms with Crippen molar-refractivity contribution in [3.63, 3.8) is 0 Å². The lowest BCUT2D eigenvalue weighted by molar-refractivity contribution is 0.173. The van der Waals surface area contributed by atoms with E-state index in [0.717, 1.165) is 27.6 Å². The number of hydrogen-bond donors (Lipinski definition) is 3. The SMILES string of the molecule is Cc1ccc(CNC(=O)NC[C@@H](O)c2ccc3ccccc3c2)cn1. The van der Waals surface area contributed by atoms with E-state index >= 15 is 0 Å². The van der Waals surface area contributed by atoms with E-state index in [9.17, 15) is 9.90 Å². The Balaban J connectivity index is 1.51. The maximum atomic E-state index is 11.9. The van der Waals surface area contributed by atoms with Crippen molar-refractivity contribution in [1.82, 2.24) is 15.6 Å². The first-order valence-electron chi connectivity index (χ1n) is 8.22. The number of fused-ring (bicyclic) bond motifs is 1. The lowest BCUT2D eigenvalue weighted by Crippen LogP contribution is -2.37. The maximum absolute atomic E-state index is 11.9. The van der Waals surface area contributed by atoms with Crippen molar-refractivity contribution in [2.75, 3.05) is 6.54 Å². The fraction of sp³-hybridized carbons (Fsp3) is 0.200. The summed E-state index contributed by atoms with van der Waals surface area (Å²) in [5.41, 5.74) is 2.64. The van der Waals surface area contributed by atoms with Crippen LogP contribution < -0.4 is 10.6 Å². The van der Waals surface area contributed by atoms with Gasteiger partial charge in [0, 0.05) is 25.0 Å². The highest BCUT2D eigenvalue weighted by Crippen LogP contribution is 2.20. The molecule has 0 radical (unpaired) electrons. The van der Waals surface area contributed by atoms with E-state index in [2.05, 4.69) is 15.6 Å². The van der Waals surface area contributed by atoms with Gasteiger partial charge in [0.25, 0.3) is 0 Å². The molecular weight excluding hydrogens is 314 g/mol.